The molecule has 3 aromatic rings. The van der Waals surface area contributed by atoms with Crippen LogP contribution in [0.25, 0.3) is 11.1 Å². The third-order valence-corrected chi connectivity index (χ3v) is 3.98. The van der Waals surface area contributed by atoms with Gasteiger partial charge in [-0.3, -0.25) is 4.79 Å². The fraction of sp³-hybridized carbons (Fsp3) is 0.0952. The van der Waals surface area contributed by atoms with Crippen LogP contribution in [0.3, 0.4) is 0 Å². The third-order valence-electron chi connectivity index (χ3n) is 3.98. The van der Waals surface area contributed by atoms with E-state index in [0.29, 0.717) is 23.4 Å². The van der Waals surface area contributed by atoms with Crippen LogP contribution < -0.4 is 10.5 Å². The van der Waals surface area contributed by atoms with Gasteiger partial charge in [-0.2, -0.15) is 0 Å². The van der Waals surface area contributed by atoms with Crippen LogP contribution in [0.1, 0.15) is 15.9 Å². The number of ketones is 1. The fourth-order valence-corrected chi connectivity index (χ4v) is 2.64. The van der Waals surface area contributed by atoms with Gasteiger partial charge >= 0.3 is 0 Å². The molecule has 0 amide bonds. The molecular formula is C21H19NO2. The number of benzene rings is 3. The zero-order chi connectivity index (χ0) is 16.9. The van der Waals surface area contributed by atoms with Crippen LogP contribution in [0.4, 0.5) is 5.69 Å². The molecule has 0 radical (unpaired) electrons. The number of methoxy groups -OCH3 is 1. The molecule has 3 heteroatoms. The molecule has 24 heavy (non-hydrogen) atoms. The van der Waals surface area contributed by atoms with Crippen LogP contribution in [0.5, 0.6) is 5.75 Å². The fourth-order valence-electron chi connectivity index (χ4n) is 2.64. The molecule has 3 aromatic carbocycles. The van der Waals surface area contributed by atoms with Crippen molar-refractivity contribution in [2.75, 3.05) is 12.8 Å². The van der Waals surface area contributed by atoms with Gasteiger partial charge in [-0.1, -0.05) is 54.6 Å². The molecule has 0 aliphatic heterocycles. The van der Waals surface area contributed by atoms with E-state index in [1.54, 1.807) is 25.3 Å². The molecule has 0 unspecified atom stereocenters. The van der Waals surface area contributed by atoms with Crippen molar-refractivity contribution in [1.29, 1.82) is 0 Å². The maximum atomic E-state index is 12.4. The number of ether oxygens (including phenoxy) is 1. The van der Waals surface area contributed by atoms with Crippen molar-refractivity contribution in [2.45, 2.75) is 6.42 Å². The minimum atomic E-state index is 0.0387. The molecule has 2 N–H and O–H groups in total. The molecule has 0 fully saturated rings. The summed E-state index contributed by atoms with van der Waals surface area (Å²) in [4.78, 5) is 12.4. The number of carbonyl (C=O) groups is 1. The van der Waals surface area contributed by atoms with E-state index in [9.17, 15) is 4.79 Å². The number of nitrogen functional groups attached to an aromatic ring is 1. The van der Waals surface area contributed by atoms with E-state index >= 15 is 0 Å². The number of hydrogen-bond acceptors (Lipinski definition) is 3. The van der Waals surface area contributed by atoms with Crippen LogP contribution in [-0.2, 0) is 6.42 Å². The van der Waals surface area contributed by atoms with Crippen molar-refractivity contribution in [3.8, 4) is 16.9 Å². The van der Waals surface area contributed by atoms with E-state index in [-0.39, 0.29) is 5.78 Å². The second-order valence-corrected chi connectivity index (χ2v) is 5.62. The number of hydrogen-bond donors (Lipinski definition) is 1. The van der Waals surface area contributed by atoms with E-state index in [1.165, 1.54) is 5.56 Å². The summed E-state index contributed by atoms with van der Waals surface area (Å²) < 4.78 is 5.12. The second-order valence-electron chi connectivity index (χ2n) is 5.62. The summed E-state index contributed by atoms with van der Waals surface area (Å²) in [7, 11) is 1.56. The predicted molar refractivity (Wildman–Crippen MR) is 97.3 cm³/mol. The molecular weight excluding hydrogens is 298 g/mol. The standard InChI is InChI=1S/C21H19NO2/c1-24-21-12-11-18(14-19(21)22)20(23)13-15-7-9-17(10-8-15)16-5-3-2-4-6-16/h2-12,14H,13,22H2,1H3. The van der Waals surface area contributed by atoms with Gasteiger partial charge in [0.05, 0.1) is 12.8 Å². The number of rotatable bonds is 5. The van der Waals surface area contributed by atoms with Gasteiger partial charge in [0.1, 0.15) is 5.75 Å². The maximum absolute atomic E-state index is 12.4. The smallest absolute Gasteiger partial charge is 0.167 e. The third kappa shape index (κ3) is 3.46. The largest absolute Gasteiger partial charge is 0.495 e. The monoisotopic (exact) mass is 317 g/mol. The molecule has 0 aliphatic rings. The highest BCUT2D eigenvalue weighted by Crippen LogP contribution is 2.23. The van der Waals surface area contributed by atoms with Crippen molar-refractivity contribution in [2.24, 2.45) is 0 Å². The molecule has 3 rings (SSSR count). The van der Waals surface area contributed by atoms with Gasteiger partial charge < -0.3 is 10.5 Å². The van der Waals surface area contributed by atoms with Crippen molar-refractivity contribution >= 4 is 11.5 Å². The van der Waals surface area contributed by atoms with E-state index in [4.69, 9.17) is 10.5 Å². The summed E-state index contributed by atoms with van der Waals surface area (Å²) >= 11 is 0. The van der Waals surface area contributed by atoms with E-state index in [2.05, 4.69) is 12.1 Å². The zero-order valence-corrected chi connectivity index (χ0v) is 13.5. The Morgan fingerprint density at radius 3 is 2.21 bits per heavy atom. The first-order chi connectivity index (χ1) is 11.7. The van der Waals surface area contributed by atoms with Crippen LogP contribution >= 0.6 is 0 Å². The molecule has 0 saturated heterocycles. The Kier molecular flexibility index (Phi) is 4.62. The molecule has 0 saturated carbocycles. The van der Waals surface area contributed by atoms with Gasteiger partial charge in [0, 0.05) is 12.0 Å². The van der Waals surface area contributed by atoms with Crippen LogP contribution in [0.15, 0.2) is 72.8 Å². The summed E-state index contributed by atoms with van der Waals surface area (Å²) in [6.45, 7) is 0. The summed E-state index contributed by atoms with van der Waals surface area (Å²) in [6.07, 6.45) is 0.348. The average molecular weight is 317 g/mol. The Morgan fingerprint density at radius 2 is 1.58 bits per heavy atom. The molecule has 0 heterocycles. The van der Waals surface area contributed by atoms with Gasteiger partial charge in [-0.25, -0.2) is 0 Å². The molecule has 0 aliphatic carbocycles. The van der Waals surface area contributed by atoms with Crippen molar-refractivity contribution < 1.29 is 9.53 Å². The first-order valence-corrected chi connectivity index (χ1v) is 7.78. The van der Waals surface area contributed by atoms with Crippen molar-refractivity contribution in [3.05, 3.63) is 83.9 Å². The summed E-state index contributed by atoms with van der Waals surface area (Å²) in [5, 5.41) is 0. The summed E-state index contributed by atoms with van der Waals surface area (Å²) in [6, 6.07) is 23.4. The Bertz CT molecular complexity index is 839. The first kappa shape index (κ1) is 15.8. The van der Waals surface area contributed by atoms with Gasteiger partial charge in [0.15, 0.2) is 5.78 Å². The Balaban J connectivity index is 1.74. The predicted octanol–water partition coefficient (Wildman–Crippen LogP) is 4.37. The van der Waals surface area contributed by atoms with Gasteiger partial charge in [-0.15, -0.1) is 0 Å². The van der Waals surface area contributed by atoms with Crippen LogP contribution in [-0.4, -0.2) is 12.9 Å². The van der Waals surface area contributed by atoms with Crippen LogP contribution in [0.2, 0.25) is 0 Å². The lowest BCUT2D eigenvalue weighted by Gasteiger charge is -2.07. The minimum Gasteiger partial charge on any atom is -0.495 e. The molecule has 0 bridgehead atoms. The molecule has 0 spiro atoms. The molecule has 0 atom stereocenters. The van der Waals surface area contributed by atoms with Crippen LogP contribution in [0, 0.1) is 0 Å². The highest BCUT2D eigenvalue weighted by molar-refractivity contribution is 5.98. The van der Waals surface area contributed by atoms with E-state index in [0.717, 1.165) is 11.1 Å². The highest BCUT2D eigenvalue weighted by atomic mass is 16.5. The highest BCUT2D eigenvalue weighted by Gasteiger charge is 2.10. The topological polar surface area (TPSA) is 52.3 Å². The Labute approximate surface area is 141 Å². The van der Waals surface area contributed by atoms with Gasteiger partial charge in [0.2, 0.25) is 0 Å². The minimum absolute atomic E-state index is 0.0387. The number of Topliss-reactive ketones (excluding diaryl/α,β-unsaturated/α-hetero) is 1. The lowest BCUT2D eigenvalue weighted by atomic mass is 9.99. The maximum Gasteiger partial charge on any atom is 0.167 e. The van der Waals surface area contributed by atoms with Gasteiger partial charge in [-0.05, 0) is 34.9 Å². The van der Waals surface area contributed by atoms with Crippen molar-refractivity contribution in [1.82, 2.24) is 0 Å². The zero-order valence-electron chi connectivity index (χ0n) is 13.5. The normalized spacial score (nSPS) is 10.4. The SMILES string of the molecule is COc1ccc(C(=O)Cc2ccc(-c3ccccc3)cc2)cc1N. The molecule has 0 aromatic heterocycles. The Morgan fingerprint density at radius 1 is 0.917 bits per heavy atom. The molecule has 120 valence electrons. The second kappa shape index (κ2) is 7.01. The first-order valence-electron chi connectivity index (χ1n) is 7.78. The van der Waals surface area contributed by atoms with Crippen molar-refractivity contribution in [3.63, 3.8) is 0 Å². The van der Waals surface area contributed by atoms with Gasteiger partial charge in [0.25, 0.3) is 0 Å². The quantitative estimate of drug-likeness (QED) is 0.561. The lowest BCUT2D eigenvalue weighted by molar-refractivity contribution is 0.0993. The van der Waals surface area contributed by atoms with E-state index in [1.807, 2.05) is 42.5 Å². The number of anilines is 1. The molecule has 3 nitrogen and oxygen atoms in total. The average Bonchev–Trinajstić information content (AvgIpc) is 2.63. The summed E-state index contributed by atoms with van der Waals surface area (Å²) in [5.41, 5.74) is 10.2. The number of carbonyl (C=O) groups excluding carboxylic acids is 1. The number of nitrogens with two attached hydrogens (primary N) is 1. The lowest BCUT2D eigenvalue weighted by Crippen LogP contribution is -2.05. The Hall–Kier alpha value is -3.07. The van der Waals surface area contributed by atoms with E-state index < -0.39 is 0 Å². The summed E-state index contributed by atoms with van der Waals surface area (Å²) in [5.74, 6) is 0.621.